The summed E-state index contributed by atoms with van der Waals surface area (Å²) in [6.45, 7) is 3.42. The van der Waals surface area contributed by atoms with Gasteiger partial charge in [0.2, 0.25) is 10.0 Å². The van der Waals surface area contributed by atoms with Crippen molar-refractivity contribution in [3.63, 3.8) is 0 Å². The van der Waals surface area contributed by atoms with Crippen molar-refractivity contribution in [1.29, 1.82) is 0 Å². The van der Waals surface area contributed by atoms with Crippen LogP contribution >= 0.6 is 11.3 Å². The molecule has 1 aromatic carbocycles. The highest BCUT2D eigenvalue weighted by atomic mass is 32.2. The SMILES string of the molecule is O=S(=O)([N-]c1nc(C[NH+]2CCOCC2)nc2sc3c(c12)CCCC3)c1cc(F)ccc1F. The third-order valence-corrected chi connectivity index (χ3v) is 8.30. The molecule has 0 amide bonds. The fraction of sp³-hybridized carbons (Fsp3) is 0.429. The maximum absolute atomic E-state index is 14.2. The molecule has 11 heteroatoms. The van der Waals surface area contributed by atoms with Crippen molar-refractivity contribution in [3.05, 3.63) is 50.8 Å². The Labute approximate surface area is 188 Å². The first kappa shape index (κ1) is 21.6. The highest BCUT2D eigenvalue weighted by Crippen LogP contribution is 2.42. The minimum absolute atomic E-state index is 0.0146. The quantitative estimate of drug-likeness (QED) is 0.607. The van der Waals surface area contributed by atoms with Crippen molar-refractivity contribution in [2.75, 3.05) is 26.3 Å². The third kappa shape index (κ3) is 4.21. The summed E-state index contributed by atoms with van der Waals surface area (Å²) in [6.07, 6.45) is 3.76. The molecule has 0 radical (unpaired) electrons. The van der Waals surface area contributed by atoms with Crippen molar-refractivity contribution in [2.24, 2.45) is 0 Å². The molecule has 1 N–H and O–H groups in total. The second-order valence-electron chi connectivity index (χ2n) is 8.03. The number of thiophene rings is 1. The van der Waals surface area contributed by atoms with Gasteiger partial charge in [-0.3, -0.25) is 0 Å². The largest absolute Gasteiger partial charge is 0.418 e. The van der Waals surface area contributed by atoms with Crippen LogP contribution in [0.2, 0.25) is 0 Å². The number of hydrogen-bond acceptors (Lipinski definition) is 6. The Hall–Kier alpha value is -2.21. The molecule has 3 heterocycles. The number of sulfonamides is 1. The van der Waals surface area contributed by atoms with Gasteiger partial charge in [-0.05, 0) is 55.3 Å². The van der Waals surface area contributed by atoms with Gasteiger partial charge >= 0.3 is 0 Å². The molecular formula is C21H22F2N4O3S2. The minimum Gasteiger partial charge on any atom is -0.418 e. The topological polar surface area (TPSA) is 87.7 Å². The number of quaternary nitrogens is 1. The summed E-state index contributed by atoms with van der Waals surface area (Å²) in [5, 5.41) is 0.616. The Morgan fingerprint density at radius 2 is 1.91 bits per heavy atom. The van der Waals surface area contributed by atoms with Gasteiger partial charge in [0, 0.05) is 10.3 Å². The molecule has 5 rings (SSSR count). The number of rotatable bonds is 5. The van der Waals surface area contributed by atoms with Crippen LogP contribution in [0.1, 0.15) is 29.1 Å². The van der Waals surface area contributed by atoms with E-state index in [-0.39, 0.29) is 5.82 Å². The van der Waals surface area contributed by atoms with Gasteiger partial charge in [-0.15, -0.1) is 11.3 Å². The van der Waals surface area contributed by atoms with Crippen LogP contribution in [0, 0.1) is 11.6 Å². The number of hydrogen-bond donors (Lipinski definition) is 1. The van der Waals surface area contributed by atoms with E-state index in [9.17, 15) is 17.2 Å². The van der Waals surface area contributed by atoms with Crippen LogP contribution in [-0.4, -0.2) is 44.7 Å². The van der Waals surface area contributed by atoms with Gasteiger partial charge < -0.3 is 19.3 Å². The van der Waals surface area contributed by atoms with E-state index in [0.29, 0.717) is 41.9 Å². The summed E-state index contributed by atoms with van der Waals surface area (Å²) in [6, 6.07) is 2.30. The van der Waals surface area contributed by atoms with Crippen LogP contribution in [-0.2, 0) is 34.1 Å². The molecule has 1 saturated heterocycles. The lowest BCUT2D eigenvalue weighted by atomic mass is 9.97. The van der Waals surface area contributed by atoms with Gasteiger partial charge in [0.15, 0.2) is 0 Å². The number of nitrogens with one attached hydrogen (secondary N) is 1. The Balaban J connectivity index is 1.59. The molecule has 0 spiro atoms. The summed E-state index contributed by atoms with van der Waals surface area (Å²) in [4.78, 5) is 11.5. The lowest BCUT2D eigenvalue weighted by molar-refractivity contribution is -0.922. The number of benzene rings is 1. The standard InChI is InChI=1S/C21H21F2N4O3S2/c22-13-5-6-15(23)17(11-13)32(28,29)26-20-19-14-3-1-2-4-16(14)31-21(19)25-18(24-20)12-27-7-9-30-10-8-27/h5-6,11H,1-4,7-10,12H2/q-1/p+1. The Morgan fingerprint density at radius 1 is 1.12 bits per heavy atom. The maximum Gasteiger partial charge on any atom is 0.205 e. The molecule has 2 aromatic heterocycles. The van der Waals surface area contributed by atoms with Gasteiger partial charge in [0.25, 0.3) is 0 Å². The predicted molar refractivity (Wildman–Crippen MR) is 116 cm³/mol. The molecule has 0 saturated carbocycles. The van der Waals surface area contributed by atoms with Gasteiger partial charge in [0.05, 0.1) is 19.0 Å². The first-order valence-electron chi connectivity index (χ1n) is 10.6. The van der Waals surface area contributed by atoms with E-state index < -0.39 is 26.6 Å². The lowest BCUT2D eigenvalue weighted by Crippen LogP contribution is -3.12. The van der Waals surface area contributed by atoms with Crippen LogP contribution in [0.3, 0.4) is 0 Å². The van der Waals surface area contributed by atoms with Crippen molar-refractivity contribution in [2.45, 2.75) is 37.1 Å². The van der Waals surface area contributed by atoms with Crippen LogP contribution in [0.4, 0.5) is 14.6 Å². The summed E-state index contributed by atoms with van der Waals surface area (Å²) < 4.78 is 63.1. The second kappa shape index (κ2) is 8.62. The van der Waals surface area contributed by atoms with Gasteiger partial charge in [0.1, 0.15) is 41.0 Å². The van der Waals surface area contributed by atoms with Crippen LogP contribution in [0.15, 0.2) is 23.1 Å². The summed E-state index contributed by atoms with van der Waals surface area (Å²) in [5.41, 5.74) is 1.02. The Morgan fingerprint density at radius 3 is 2.72 bits per heavy atom. The molecule has 32 heavy (non-hydrogen) atoms. The average Bonchev–Trinajstić information content (AvgIpc) is 3.14. The first-order chi connectivity index (χ1) is 15.4. The Kier molecular flexibility index (Phi) is 5.82. The summed E-state index contributed by atoms with van der Waals surface area (Å²) in [7, 11) is -4.51. The van der Waals surface area contributed by atoms with E-state index in [1.54, 1.807) is 11.3 Å². The number of halogens is 2. The van der Waals surface area contributed by atoms with Crippen molar-refractivity contribution in [3.8, 4) is 0 Å². The van der Waals surface area contributed by atoms with Crippen LogP contribution < -0.4 is 4.90 Å². The number of nitrogens with zero attached hydrogens (tertiary/aromatic N) is 3. The van der Waals surface area contributed by atoms with Gasteiger partial charge in [-0.1, -0.05) is 0 Å². The normalized spacial score (nSPS) is 17.4. The average molecular weight is 481 g/mol. The number of ether oxygens (including phenoxy) is 1. The van der Waals surface area contributed by atoms with Gasteiger partial charge in [-0.2, -0.15) is 0 Å². The Bertz CT molecular complexity index is 1270. The summed E-state index contributed by atoms with van der Waals surface area (Å²) >= 11 is 1.54. The predicted octanol–water partition coefficient (Wildman–Crippen LogP) is 2.66. The fourth-order valence-corrected chi connectivity index (χ4v) is 6.53. The number of fused-ring (bicyclic) bond motifs is 3. The number of aryl methyl sites for hydroxylation is 2. The molecule has 1 aliphatic heterocycles. The molecule has 1 fully saturated rings. The van der Waals surface area contributed by atoms with E-state index >= 15 is 0 Å². The molecule has 0 atom stereocenters. The highest BCUT2D eigenvalue weighted by Gasteiger charge is 2.23. The van der Waals surface area contributed by atoms with E-state index in [0.717, 1.165) is 56.5 Å². The smallest absolute Gasteiger partial charge is 0.205 e. The van der Waals surface area contributed by atoms with Crippen molar-refractivity contribution >= 4 is 37.4 Å². The fourth-order valence-electron chi connectivity index (χ4n) is 4.22. The number of morpholine rings is 1. The summed E-state index contributed by atoms with van der Waals surface area (Å²) in [5.74, 6) is -1.40. The zero-order chi connectivity index (χ0) is 22.3. The van der Waals surface area contributed by atoms with Crippen LogP contribution in [0.25, 0.3) is 14.9 Å². The molecule has 2 aliphatic rings. The highest BCUT2D eigenvalue weighted by molar-refractivity contribution is 7.94. The lowest BCUT2D eigenvalue weighted by Gasteiger charge is -2.25. The molecule has 0 unspecified atom stereocenters. The van der Waals surface area contributed by atoms with E-state index in [1.165, 1.54) is 9.78 Å². The molecule has 170 valence electrons. The van der Waals surface area contributed by atoms with E-state index in [4.69, 9.17) is 9.72 Å². The van der Waals surface area contributed by atoms with Crippen molar-refractivity contribution < 1.29 is 26.8 Å². The molecular weight excluding hydrogens is 458 g/mol. The van der Waals surface area contributed by atoms with E-state index in [1.807, 2.05) is 0 Å². The molecule has 7 nitrogen and oxygen atoms in total. The van der Waals surface area contributed by atoms with Gasteiger partial charge in [-0.25, -0.2) is 22.2 Å². The third-order valence-electron chi connectivity index (χ3n) is 5.83. The molecule has 1 aliphatic carbocycles. The monoisotopic (exact) mass is 480 g/mol. The van der Waals surface area contributed by atoms with Crippen LogP contribution in [0.5, 0.6) is 0 Å². The zero-order valence-electron chi connectivity index (χ0n) is 17.2. The van der Waals surface area contributed by atoms with E-state index in [2.05, 4.69) is 9.71 Å². The maximum atomic E-state index is 14.2. The molecule has 0 bridgehead atoms. The first-order valence-corrected chi connectivity index (χ1v) is 12.8. The minimum atomic E-state index is -4.51. The molecule has 3 aromatic rings. The number of aromatic nitrogens is 2. The second-order valence-corrected chi connectivity index (χ2v) is 10.7. The zero-order valence-corrected chi connectivity index (χ0v) is 18.9. The van der Waals surface area contributed by atoms with Crippen molar-refractivity contribution in [1.82, 2.24) is 9.97 Å².